The topological polar surface area (TPSA) is 47.0 Å². The molecule has 6 heteroatoms. The van der Waals surface area contributed by atoms with Gasteiger partial charge in [-0.25, -0.2) is 4.98 Å². The lowest BCUT2D eigenvalue weighted by Crippen LogP contribution is -2.18. The summed E-state index contributed by atoms with van der Waals surface area (Å²) in [6.45, 7) is 4.27. The van der Waals surface area contributed by atoms with Crippen LogP contribution in [0.25, 0.3) is 11.3 Å². The van der Waals surface area contributed by atoms with Gasteiger partial charge in [-0.1, -0.05) is 37.0 Å². The van der Waals surface area contributed by atoms with Crippen molar-refractivity contribution in [2.45, 2.75) is 32.7 Å². The molecular formula is C16H19Cl2N3O. The Labute approximate surface area is 140 Å². The Bertz CT molecular complexity index is 645. The number of aromatic nitrogens is 2. The van der Waals surface area contributed by atoms with Gasteiger partial charge in [0.15, 0.2) is 0 Å². The van der Waals surface area contributed by atoms with Gasteiger partial charge in [0, 0.05) is 16.6 Å². The van der Waals surface area contributed by atoms with E-state index in [0.29, 0.717) is 33.5 Å². The minimum Gasteiger partial charge on any atom is -0.479 e. The molecule has 0 atom stereocenters. The zero-order valence-corrected chi connectivity index (χ0v) is 14.4. The zero-order chi connectivity index (χ0) is 16.1. The molecule has 22 heavy (non-hydrogen) atoms. The molecule has 0 fully saturated rings. The normalized spacial score (nSPS) is 10.8. The highest BCUT2D eigenvalue weighted by molar-refractivity contribution is 6.36. The first-order valence-electron chi connectivity index (χ1n) is 7.22. The van der Waals surface area contributed by atoms with Gasteiger partial charge in [-0.05, 0) is 31.0 Å². The third-order valence-electron chi connectivity index (χ3n) is 3.46. The molecule has 1 aromatic carbocycles. The fourth-order valence-electron chi connectivity index (χ4n) is 2.15. The molecule has 118 valence electrons. The number of rotatable bonds is 6. The highest BCUT2D eigenvalue weighted by Crippen LogP contribution is 2.34. The van der Waals surface area contributed by atoms with Crippen molar-refractivity contribution < 1.29 is 4.74 Å². The molecule has 0 saturated heterocycles. The highest BCUT2D eigenvalue weighted by Gasteiger charge is 2.15. The zero-order valence-electron chi connectivity index (χ0n) is 12.9. The minimum absolute atomic E-state index is 0.365. The molecule has 0 radical (unpaired) electrons. The Morgan fingerprint density at radius 1 is 1.23 bits per heavy atom. The molecule has 2 rings (SSSR count). The van der Waals surface area contributed by atoms with E-state index in [1.54, 1.807) is 25.4 Å². The molecule has 0 aliphatic rings. The molecule has 0 aliphatic heterocycles. The Morgan fingerprint density at radius 2 is 1.95 bits per heavy atom. The van der Waals surface area contributed by atoms with Gasteiger partial charge >= 0.3 is 0 Å². The number of anilines is 1. The number of ether oxygens (including phenoxy) is 1. The monoisotopic (exact) mass is 339 g/mol. The van der Waals surface area contributed by atoms with Crippen molar-refractivity contribution in [3.8, 4) is 17.1 Å². The Kier molecular flexibility index (Phi) is 5.86. The Morgan fingerprint density at radius 3 is 2.55 bits per heavy atom. The van der Waals surface area contributed by atoms with Crippen LogP contribution >= 0.6 is 23.2 Å². The summed E-state index contributed by atoms with van der Waals surface area (Å²) in [7, 11) is 1.57. The van der Waals surface area contributed by atoms with E-state index in [9.17, 15) is 0 Å². The number of hydrogen-bond acceptors (Lipinski definition) is 4. The summed E-state index contributed by atoms with van der Waals surface area (Å²) in [5.74, 6) is 1.12. The number of methoxy groups -OCH3 is 1. The summed E-state index contributed by atoms with van der Waals surface area (Å²) in [5.41, 5.74) is 1.34. The number of nitrogens with one attached hydrogen (secondary N) is 1. The van der Waals surface area contributed by atoms with Crippen LogP contribution in [0.5, 0.6) is 5.88 Å². The van der Waals surface area contributed by atoms with Crippen LogP contribution < -0.4 is 10.1 Å². The summed E-state index contributed by atoms with van der Waals surface area (Å²) in [4.78, 5) is 8.93. The second-order valence-corrected chi connectivity index (χ2v) is 5.74. The van der Waals surface area contributed by atoms with Crippen molar-refractivity contribution >= 4 is 29.0 Å². The summed E-state index contributed by atoms with van der Waals surface area (Å²) < 4.78 is 5.37. The molecular weight excluding hydrogens is 321 g/mol. The fourth-order valence-corrected chi connectivity index (χ4v) is 2.65. The third-order valence-corrected chi connectivity index (χ3v) is 4.01. The predicted molar refractivity (Wildman–Crippen MR) is 92.0 cm³/mol. The van der Waals surface area contributed by atoms with Crippen LogP contribution in [-0.4, -0.2) is 23.1 Å². The standard InChI is InChI=1S/C16H19Cl2N3O/c1-4-11(5-2)20-14-9-19-15(16(21-14)22-3)12-7-6-10(17)8-13(12)18/h6-9,11H,4-5H2,1-3H3,(H,20,21). The predicted octanol–water partition coefficient (Wildman–Crippen LogP) is 5.06. The second-order valence-electron chi connectivity index (χ2n) is 4.90. The lowest BCUT2D eigenvalue weighted by atomic mass is 10.1. The summed E-state index contributed by atoms with van der Waals surface area (Å²) in [6.07, 6.45) is 3.73. The largest absolute Gasteiger partial charge is 0.479 e. The van der Waals surface area contributed by atoms with E-state index in [2.05, 4.69) is 29.1 Å². The number of hydrogen-bond donors (Lipinski definition) is 1. The van der Waals surface area contributed by atoms with E-state index < -0.39 is 0 Å². The van der Waals surface area contributed by atoms with Crippen LogP contribution in [0.3, 0.4) is 0 Å². The van der Waals surface area contributed by atoms with E-state index in [-0.39, 0.29) is 0 Å². The first-order chi connectivity index (χ1) is 10.6. The van der Waals surface area contributed by atoms with Crippen LogP contribution in [0.2, 0.25) is 10.0 Å². The van der Waals surface area contributed by atoms with Gasteiger partial charge in [0.25, 0.3) is 0 Å². The number of nitrogens with zero attached hydrogens (tertiary/aromatic N) is 2. The molecule has 4 nitrogen and oxygen atoms in total. The lowest BCUT2D eigenvalue weighted by Gasteiger charge is -2.16. The molecule has 1 N–H and O–H groups in total. The highest BCUT2D eigenvalue weighted by atomic mass is 35.5. The maximum atomic E-state index is 6.24. The maximum absolute atomic E-state index is 6.24. The molecule has 0 aliphatic carbocycles. The average molecular weight is 340 g/mol. The maximum Gasteiger partial charge on any atom is 0.242 e. The second kappa shape index (κ2) is 7.65. The smallest absolute Gasteiger partial charge is 0.242 e. The first-order valence-corrected chi connectivity index (χ1v) is 7.97. The first kappa shape index (κ1) is 16.8. The Balaban J connectivity index is 2.37. The number of benzene rings is 1. The SMILES string of the molecule is CCC(CC)Nc1cnc(-c2ccc(Cl)cc2Cl)c(OC)n1. The molecule has 1 heterocycles. The lowest BCUT2D eigenvalue weighted by molar-refractivity contribution is 0.398. The Hall–Kier alpha value is -1.52. The molecule has 0 unspecified atom stereocenters. The van der Waals surface area contributed by atoms with Gasteiger partial charge in [0.1, 0.15) is 11.5 Å². The van der Waals surface area contributed by atoms with E-state index >= 15 is 0 Å². The quantitative estimate of drug-likeness (QED) is 0.798. The van der Waals surface area contributed by atoms with Gasteiger partial charge in [0.05, 0.1) is 18.3 Å². The van der Waals surface area contributed by atoms with Crippen molar-refractivity contribution in [1.29, 1.82) is 0 Å². The van der Waals surface area contributed by atoms with Crippen LogP contribution in [0, 0.1) is 0 Å². The van der Waals surface area contributed by atoms with E-state index in [0.717, 1.165) is 18.4 Å². The molecule has 1 aromatic heterocycles. The van der Waals surface area contributed by atoms with Gasteiger partial charge < -0.3 is 10.1 Å². The molecule has 2 aromatic rings. The van der Waals surface area contributed by atoms with Crippen LogP contribution in [0.15, 0.2) is 24.4 Å². The van der Waals surface area contributed by atoms with Crippen molar-refractivity contribution in [3.63, 3.8) is 0 Å². The van der Waals surface area contributed by atoms with Gasteiger partial charge in [-0.3, -0.25) is 0 Å². The molecule has 0 saturated carbocycles. The summed E-state index contributed by atoms with van der Waals surface area (Å²) >= 11 is 12.2. The van der Waals surface area contributed by atoms with Crippen LogP contribution in [-0.2, 0) is 0 Å². The van der Waals surface area contributed by atoms with E-state index in [1.165, 1.54) is 0 Å². The number of halogens is 2. The van der Waals surface area contributed by atoms with Crippen molar-refractivity contribution in [2.24, 2.45) is 0 Å². The van der Waals surface area contributed by atoms with Crippen molar-refractivity contribution in [3.05, 3.63) is 34.4 Å². The van der Waals surface area contributed by atoms with Crippen molar-refractivity contribution in [1.82, 2.24) is 9.97 Å². The minimum atomic E-state index is 0.365. The van der Waals surface area contributed by atoms with Crippen LogP contribution in [0.1, 0.15) is 26.7 Å². The van der Waals surface area contributed by atoms with E-state index in [4.69, 9.17) is 27.9 Å². The van der Waals surface area contributed by atoms with Gasteiger partial charge in [-0.15, -0.1) is 0 Å². The van der Waals surface area contributed by atoms with Gasteiger partial charge in [-0.2, -0.15) is 4.98 Å². The molecule has 0 amide bonds. The summed E-state index contributed by atoms with van der Waals surface area (Å²) in [5, 5.41) is 4.44. The summed E-state index contributed by atoms with van der Waals surface area (Å²) in [6, 6.07) is 5.62. The van der Waals surface area contributed by atoms with Crippen LogP contribution in [0.4, 0.5) is 5.82 Å². The fraction of sp³-hybridized carbons (Fsp3) is 0.375. The third kappa shape index (κ3) is 3.81. The van der Waals surface area contributed by atoms with Gasteiger partial charge in [0.2, 0.25) is 5.88 Å². The molecule has 0 spiro atoms. The van der Waals surface area contributed by atoms with Crippen molar-refractivity contribution in [2.75, 3.05) is 12.4 Å². The molecule has 0 bridgehead atoms. The van der Waals surface area contributed by atoms with E-state index in [1.807, 2.05) is 6.07 Å². The average Bonchev–Trinajstić information content (AvgIpc) is 2.52.